The Hall–Kier alpha value is -1.46. The summed E-state index contributed by atoms with van der Waals surface area (Å²) >= 11 is 0. The molecule has 1 saturated heterocycles. The molecular formula is C15H22N2O3. The van der Waals surface area contributed by atoms with E-state index in [9.17, 15) is 4.79 Å². The Morgan fingerprint density at radius 3 is 2.95 bits per heavy atom. The normalized spacial score (nSPS) is 21.8. The minimum absolute atomic E-state index is 0.00122. The van der Waals surface area contributed by atoms with E-state index in [0.717, 1.165) is 5.56 Å². The second-order valence-electron chi connectivity index (χ2n) is 5.89. The predicted molar refractivity (Wildman–Crippen MR) is 75.7 cm³/mol. The van der Waals surface area contributed by atoms with Gasteiger partial charge in [-0.2, -0.15) is 0 Å². The average Bonchev–Trinajstić information content (AvgIpc) is 2.36. The SMILES string of the molecule is COC[C@H]1CN(C(=O)c2cncc(C)c2)CC(C)(C)O1. The Labute approximate surface area is 119 Å². The van der Waals surface area contributed by atoms with Crippen LogP contribution in [0.3, 0.4) is 0 Å². The van der Waals surface area contributed by atoms with Gasteiger partial charge in [0.05, 0.1) is 23.9 Å². The third-order valence-electron chi connectivity index (χ3n) is 3.24. The number of methoxy groups -OCH3 is 1. The molecule has 0 aromatic carbocycles. The fourth-order valence-electron chi connectivity index (χ4n) is 2.58. The quantitative estimate of drug-likeness (QED) is 0.843. The van der Waals surface area contributed by atoms with E-state index in [4.69, 9.17) is 9.47 Å². The Balaban J connectivity index is 2.16. The van der Waals surface area contributed by atoms with Crippen LogP contribution in [0, 0.1) is 6.92 Å². The monoisotopic (exact) mass is 278 g/mol. The number of nitrogens with zero attached hydrogens (tertiary/aromatic N) is 2. The lowest BCUT2D eigenvalue weighted by Gasteiger charge is -2.42. The second-order valence-corrected chi connectivity index (χ2v) is 5.89. The highest BCUT2D eigenvalue weighted by Gasteiger charge is 2.35. The van der Waals surface area contributed by atoms with Crippen molar-refractivity contribution < 1.29 is 14.3 Å². The minimum atomic E-state index is -0.367. The summed E-state index contributed by atoms with van der Waals surface area (Å²) < 4.78 is 11.1. The number of aryl methyl sites for hydroxylation is 1. The number of rotatable bonds is 3. The molecule has 1 aliphatic heterocycles. The molecule has 0 aliphatic carbocycles. The first-order chi connectivity index (χ1) is 9.41. The van der Waals surface area contributed by atoms with Crippen LogP contribution in [0.25, 0.3) is 0 Å². The van der Waals surface area contributed by atoms with Crippen molar-refractivity contribution in [3.05, 3.63) is 29.6 Å². The molecule has 110 valence electrons. The van der Waals surface area contributed by atoms with Crippen molar-refractivity contribution in [2.45, 2.75) is 32.5 Å². The van der Waals surface area contributed by atoms with E-state index in [0.29, 0.717) is 25.3 Å². The number of morpholine rings is 1. The van der Waals surface area contributed by atoms with Crippen LogP contribution in [0.2, 0.25) is 0 Å². The molecule has 20 heavy (non-hydrogen) atoms. The van der Waals surface area contributed by atoms with Gasteiger partial charge in [-0.05, 0) is 32.4 Å². The Kier molecular flexibility index (Phi) is 4.40. The standard InChI is InChI=1S/C15H22N2O3/c1-11-5-12(7-16-6-11)14(18)17-8-13(9-19-4)20-15(2,3)10-17/h5-7,13H,8-10H2,1-4H3/t13-/m1/s1. The minimum Gasteiger partial charge on any atom is -0.382 e. The molecule has 1 aromatic heterocycles. The molecule has 1 amide bonds. The van der Waals surface area contributed by atoms with Crippen LogP contribution < -0.4 is 0 Å². The van der Waals surface area contributed by atoms with Crippen molar-refractivity contribution in [1.29, 1.82) is 0 Å². The van der Waals surface area contributed by atoms with E-state index in [1.54, 1.807) is 19.5 Å². The van der Waals surface area contributed by atoms with Gasteiger partial charge in [0.15, 0.2) is 0 Å². The van der Waals surface area contributed by atoms with Crippen molar-refractivity contribution in [2.75, 3.05) is 26.8 Å². The van der Waals surface area contributed by atoms with Gasteiger partial charge in [0.1, 0.15) is 0 Å². The van der Waals surface area contributed by atoms with E-state index in [-0.39, 0.29) is 17.6 Å². The first-order valence-corrected chi connectivity index (χ1v) is 6.79. The fraction of sp³-hybridized carbons (Fsp3) is 0.600. The maximum Gasteiger partial charge on any atom is 0.255 e. The highest BCUT2D eigenvalue weighted by Crippen LogP contribution is 2.22. The number of hydrogen-bond acceptors (Lipinski definition) is 4. The Morgan fingerprint density at radius 2 is 2.30 bits per heavy atom. The van der Waals surface area contributed by atoms with E-state index in [2.05, 4.69) is 4.98 Å². The molecular weight excluding hydrogens is 256 g/mol. The Morgan fingerprint density at radius 1 is 1.55 bits per heavy atom. The molecule has 5 heteroatoms. The summed E-state index contributed by atoms with van der Waals surface area (Å²) in [6, 6.07) is 1.86. The molecule has 1 atom stereocenters. The van der Waals surface area contributed by atoms with Gasteiger partial charge in [-0.3, -0.25) is 9.78 Å². The lowest BCUT2D eigenvalue weighted by molar-refractivity contribution is -0.143. The topological polar surface area (TPSA) is 51.7 Å². The van der Waals surface area contributed by atoms with Crippen molar-refractivity contribution in [1.82, 2.24) is 9.88 Å². The largest absolute Gasteiger partial charge is 0.382 e. The predicted octanol–water partition coefficient (Wildman–Crippen LogP) is 1.66. The van der Waals surface area contributed by atoms with Gasteiger partial charge in [-0.15, -0.1) is 0 Å². The number of aromatic nitrogens is 1. The molecule has 5 nitrogen and oxygen atoms in total. The lowest BCUT2D eigenvalue weighted by Crippen LogP contribution is -2.55. The van der Waals surface area contributed by atoms with Crippen molar-refractivity contribution in [3.63, 3.8) is 0 Å². The zero-order valence-corrected chi connectivity index (χ0v) is 12.5. The summed E-state index contributed by atoms with van der Waals surface area (Å²) in [5.74, 6) is -0.00122. The number of hydrogen-bond donors (Lipinski definition) is 0. The van der Waals surface area contributed by atoms with Crippen LogP contribution in [-0.4, -0.2) is 54.3 Å². The number of pyridine rings is 1. The number of carbonyl (C=O) groups is 1. The van der Waals surface area contributed by atoms with Crippen LogP contribution in [0.5, 0.6) is 0 Å². The molecule has 1 fully saturated rings. The average molecular weight is 278 g/mol. The first-order valence-electron chi connectivity index (χ1n) is 6.79. The van der Waals surface area contributed by atoms with E-state index >= 15 is 0 Å². The van der Waals surface area contributed by atoms with Crippen molar-refractivity contribution in [3.8, 4) is 0 Å². The molecule has 1 aliphatic rings. The summed E-state index contributed by atoms with van der Waals surface area (Å²) in [6.45, 7) is 7.51. The zero-order chi connectivity index (χ0) is 14.8. The van der Waals surface area contributed by atoms with Crippen molar-refractivity contribution in [2.24, 2.45) is 0 Å². The molecule has 0 spiro atoms. The van der Waals surface area contributed by atoms with Gasteiger partial charge in [-0.25, -0.2) is 0 Å². The third-order valence-corrected chi connectivity index (χ3v) is 3.24. The molecule has 1 aromatic rings. The van der Waals surface area contributed by atoms with E-state index in [1.807, 2.05) is 31.7 Å². The zero-order valence-electron chi connectivity index (χ0n) is 12.5. The third kappa shape index (κ3) is 3.55. The highest BCUT2D eigenvalue weighted by atomic mass is 16.5. The lowest BCUT2D eigenvalue weighted by atomic mass is 10.0. The highest BCUT2D eigenvalue weighted by molar-refractivity contribution is 5.94. The first kappa shape index (κ1) is 14.9. The second kappa shape index (κ2) is 5.89. The maximum absolute atomic E-state index is 12.6. The van der Waals surface area contributed by atoms with Gasteiger partial charge in [0.25, 0.3) is 5.91 Å². The summed E-state index contributed by atoms with van der Waals surface area (Å²) in [4.78, 5) is 18.5. The molecule has 2 rings (SSSR count). The van der Waals surface area contributed by atoms with Gasteiger partial charge in [0.2, 0.25) is 0 Å². The van der Waals surface area contributed by atoms with Crippen molar-refractivity contribution >= 4 is 5.91 Å². The molecule has 2 heterocycles. The summed E-state index contributed by atoms with van der Waals surface area (Å²) in [6.07, 6.45) is 3.27. The van der Waals surface area contributed by atoms with E-state index in [1.165, 1.54) is 0 Å². The summed E-state index contributed by atoms with van der Waals surface area (Å²) in [7, 11) is 1.64. The van der Waals surface area contributed by atoms with Crippen LogP contribution in [0.15, 0.2) is 18.5 Å². The van der Waals surface area contributed by atoms with Gasteiger partial charge < -0.3 is 14.4 Å². The molecule has 0 N–H and O–H groups in total. The van der Waals surface area contributed by atoms with Crippen LogP contribution >= 0.6 is 0 Å². The van der Waals surface area contributed by atoms with Gasteiger partial charge >= 0.3 is 0 Å². The number of amides is 1. The molecule has 0 radical (unpaired) electrons. The number of carbonyl (C=O) groups excluding carboxylic acids is 1. The van der Waals surface area contributed by atoms with E-state index < -0.39 is 0 Å². The summed E-state index contributed by atoms with van der Waals surface area (Å²) in [5.41, 5.74) is 1.24. The smallest absolute Gasteiger partial charge is 0.255 e. The fourth-order valence-corrected chi connectivity index (χ4v) is 2.58. The number of ether oxygens (including phenoxy) is 2. The maximum atomic E-state index is 12.6. The molecule has 0 unspecified atom stereocenters. The summed E-state index contributed by atoms with van der Waals surface area (Å²) in [5, 5.41) is 0. The van der Waals surface area contributed by atoms with Crippen LogP contribution in [0.4, 0.5) is 0 Å². The van der Waals surface area contributed by atoms with Gasteiger partial charge in [-0.1, -0.05) is 0 Å². The van der Waals surface area contributed by atoms with Crippen LogP contribution in [-0.2, 0) is 9.47 Å². The van der Waals surface area contributed by atoms with Crippen LogP contribution in [0.1, 0.15) is 29.8 Å². The van der Waals surface area contributed by atoms with Gasteiger partial charge in [0, 0.05) is 32.6 Å². The molecule has 0 saturated carbocycles. The molecule has 0 bridgehead atoms. The Bertz CT molecular complexity index is 488.